The summed E-state index contributed by atoms with van der Waals surface area (Å²) < 4.78 is 0.878. The fourth-order valence-corrected chi connectivity index (χ4v) is 1.64. The molecule has 5 heteroatoms. The van der Waals surface area contributed by atoms with Crippen LogP contribution in [0, 0.1) is 6.92 Å². The predicted octanol–water partition coefficient (Wildman–Crippen LogP) is 1.62. The van der Waals surface area contributed by atoms with Gasteiger partial charge in [-0.25, -0.2) is 0 Å². The molecule has 0 saturated carbocycles. The van der Waals surface area contributed by atoms with Gasteiger partial charge in [-0.3, -0.25) is 9.59 Å². The minimum Gasteiger partial charge on any atom is -0.355 e. The molecule has 4 nitrogen and oxygen atoms in total. The highest BCUT2D eigenvalue weighted by atomic mass is 79.9. The van der Waals surface area contributed by atoms with Gasteiger partial charge < -0.3 is 10.6 Å². The molecule has 2 amide bonds. The number of rotatable bonds is 4. The Labute approximate surface area is 109 Å². The molecule has 0 bridgehead atoms. The van der Waals surface area contributed by atoms with Crippen LogP contribution in [-0.2, 0) is 4.79 Å². The average Bonchev–Trinajstić information content (AvgIpc) is 2.30. The molecule has 0 heterocycles. The zero-order valence-corrected chi connectivity index (χ0v) is 11.4. The molecule has 0 unspecified atom stereocenters. The minimum atomic E-state index is -0.253. The number of benzene rings is 1. The summed E-state index contributed by atoms with van der Waals surface area (Å²) >= 11 is 3.36. The van der Waals surface area contributed by atoms with Crippen molar-refractivity contribution in [1.82, 2.24) is 10.6 Å². The van der Waals surface area contributed by atoms with Gasteiger partial charge in [0, 0.05) is 16.6 Å². The van der Waals surface area contributed by atoms with E-state index in [1.165, 1.54) is 0 Å². The lowest BCUT2D eigenvalue weighted by molar-refractivity contribution is -0.120. The van der Waals surface area contributed by atoms with Crippen LogP contribution in [0.3, 0.4) is 0 Å². The van der Waals surface area contributed by atoms with Crippen molar-refractivity contribution in [3.8, 4) is 0 Å². The lowest BCUT2D eigenvalue weighted by Gasteiger charge is -2.06. The molecular weight excluding hydrogens is 284 g/mol. The van der Waals surface area contributed by atoms with Crippen molar-refractivity contribution < 1.29 is 9.59 Å². The minimum absolute atomic E-state index is 0.00182. The molecule has 1 aromatic rings. The lowest BCUT2D eigenvalue weighted by Crippen LogP contribution is -2.36. The van der Waals surface area contributed by atoms with E-state index in [0.717, 1.165) is 10.0 Å². The summed E-state index contributed by atoms with van der Waals surface area (Å²) in [4.78, 5) is 22.9. The molecule has 0 spiro atoms. The molecule has 0 aliphatic heterocycles. The zero-order chi connectivity index (χ0) is 12.8. The van der Waals surface area contributed by atoms with E-state index in [1.54, 1.807) is 12.1 Å². The predicted molar refractivity (Wildman–Crippen MR) is 69.9 cm³/mol. The van der Waals surface area contributed by atoms with Crippen molar-refractivity contribution in [1.29, 1.82) is 0 Å². The molecule has 2 N–H and O–H groups in total. The lowest BCUT2D eigenvalue weighted by atomic mass is 10.1. The van der Waals surface area contributed by atoms with Gasteiger partial charge in [-0.2, -0.15) is 0 Å². The van der Waals surface area contributed by atoms with Crippen molar-refractivity contribution in [3.63, 3.8) is 0 Å². The maximum Gasteiger partial charge on any atom is 0.251 e. The number of hydrogen-bond acceptors (Lipinski definition) is 2. The molecule has 0 aliphatic rings. The van der Waals surface area contributed by atoms with Crippen LogP contribution in [0.2, 0.25) is 0 Å². The van der Waals surface area contributed by atoms with Crippen LogP contribution in [-0.4, -0.2) is 24.9 Å². The second-order valence-electron chi connectivity index (χ2n) is 3.60. The van der Waals surface area contributed by atoms with Gasteiger partial charge in [0.1, 0.15) is 0 Å². The summed E-state index contributed by atoms with van der Waals surface area (Å²) in [5.41, 5.74) is 1.59. The number of amides is 2. The van der Waals surface area contributed by atoms with Crippen molar-refractivity contribution >= 4 is 27.7 Å². The van der Waals surface area contributed by atoms with Crippen LogP contribution in [0.15, 0.2) is 22.7 Å². The van der Waals surface area contributed by atoms with Crippen molar-refractivity contribution in [3.05, 3.63) is 33.8 Å². The number of likely N-dealkylation sites (N-methyl/N-ethyl adjacent to an activating group) is 1. The summed E-state index contributed by atoms with van der Waals surface area (Å²) in [6.45, 7) is 4.33. The first-order valence-corrected chi connectivity index (χ1v) is 6.15. The number of hydrogen-bond donors (Lipinski definition) is 2. The SMILES string of the molecule is CCNC(=O)CNC(=O)c1ccc(C)c(Br)c1. The largest absolute Gasteiger partial charge is 0.355 e. The smallest absolute Gasteiger partial charge is 0.251 e. The Balaban J connectivity index is 2.58. The summed E-state index contributed by atoms with van der Waals surface area (Å²) in [6, 6.07) is 5.32. The molecular formula is C12H15BrN2O2. The first-order chi connectivity index (χ1) is 8.04. The first-order valence-electron chi connectivity index (χ1n) is 5.35. The molecule has 0 aliphatic carbocycles. The molecule has 1 rings (SSSR count). The van der Waals surface area contributed by atoms with E-state index >= 15 is 0 Å². The second-order valence-corrected chi connectivity index (χ2v) is 4.45. The Morgan fingerprint density at radius 2 is 2.00 bits per heavy atom. The van der Waals surface area contributed by atoms with E-state index in [0.29, 0.717) is 12.1 Å². The van der Waals surface area contributed by atoms with Crippen molar-refractivity contribution in [2.24, 2.45) is 0 Å². The van der Waals surface area contributed by atoms with Crippen LogP contribution < -0.4 is 10.6 Å². The number of carbonyl (C=O) groups is 2. The van der Waals surface area contributed by atoms with Gasteiger partial charge in [0.15, 0.2) is 0 Å². The van der Waals surface area contributed by atoms with Crippen molar-refractivity contribution in [2.45, 2.75) is 13.8 Å². The number of aryl methyl sites for hydroxylation is 1. The third-order valence-electron chi connectivity index (χ3n) is 2.22. The topological polar surface area (TPSA) is 58.2 Å². The average molecular weight is 299 g/mol. The monoisotopic (exact) mass is 298 g/mol. The summed E-state index contributed by atoms with van der Waals surface area (Å²) in [5.74, 6) is -0.441. The van der Waals surface area contributed by atoms with Gasteiger partial charge in [-0.05, 0) is 31.5 Å². The molecule has 0 saturated heterocycles. The third-order valence-corrected chi connectivity index (χ3v) is 3.07. The van der Waals surface area contributed by atoms with Gasteiger partial charge in [0.05, 0.1) is 6.54 Å². The van der Waals surface area contributed by atoms with Crippen LogP contribution in [0.4, 0.5) is 0 Å². The second kappa shape index (κ2) is 6.39. The zero-order valence-electron chi connectivity index (χ0n) is 9.84. The number of nitrogens with one attached hydrogen (secondary N) is 2. The van der Waals surface area contributed by atoms with E-state index in [2.05, 4.69) is 26.6 Å². The van der Waals surface area contributed by atoms with Crippen LogP contribution in [0.25, 0.3) is 0 Å². The van der Waals surface area contributed by atoms with E-state index in [4.69, 9.17) is 0 Å². The highest BCUT2D eigenvalue weighted by molar-refractivity contribution is 9.10. The Hall–Kier alpha value is -1.36. The maximum absolute atomic E-state index is 11.7. The molecule has 0 fully saturated rings. The quantitative estimate of drug-likeness (QED) is 0.887. The highest BCUT2D eigenvalue weighted by Gasteiger charge is 2.08. The van der Waals surface area contributed by atoms with Gasteiger partial charge in [-0.15, -0.1) is 0 Å². The van der Waals surface area contributed by atoms with Crippen molar-refractivity contribution in [2.75, 3.05) is 13.1 Å². The van der Waals surface area contributed by atoms with Gasteiger partial charge >= 0.3 is 0 Å². The van der Waals surface area contributed by atoms with E-state index in [1.807, 2.05) is 19.9 Å². The van der Waals surface area contributed by atoms with E-state index in [-0.39, 0.29) is 18.4 Å². The van der Waals surface area contributed by atoms with Crippen LogP contribution >= 0.6 is 15.9 Å². The summed E-state index contributed by atoms with van der Waals surface area (Å²) in [6.07, 6.45) is 0. The fraction of sp³-hybridized carbons (Fsp3) is 0.333. The third kappa shape index (κ3) is 4.19. The van der Waals surface area contributed by atoms with Gasteiger partial charge in [-0.1, -0.05) is 22.0 Å². The molecule has 1 aromatic carbocycles. The highest BCUT2D eigenvalue weighted by Crippen LogP contribution is 2.17. The first kappa shape index (κ1) is 13.7. The van der Waals surface area contributed by atoms with E-state index in [9.17, 15) is 9.59 Å². The van der Waals surface area contributed by atoms with Crippen LogP contribution in [0.5, 0.6) is 0 Å². The number of halogens is 1. The summed E-state index contributed by atoms with van der Waals surface area (Å²) in [5, 5.41) is 5.17. The molecule has 0 radical (unpaired) electrons. The van der Waals surface area contributed by atoms with Crippen LogP contribution in [0.1, 0.15) is 22.8 Å². The molecule has 0 aromatic heterocycles. The maximum atomic E-state index is 11.7. The normalized spacial score (nSPS) is 9.82. The molecule has 92 valence electrons. The fourth-order valence-electron chi connectivity index (χ4n) is 1.26. The molecule has 0 atom stereocenters. The van der Waals surface area contributed by atoms with Gasteiger partial charge in [0.25, 0.3) is 5.91 Å². The number of carbonyl (C=O) groups excluding carboxylic acids is 2. The summed E-state index contributed by atoms with van der Waals surface area (Å²) in [7, 11) is 0. The standard InChI is InChI=1S/C12H15BrN2O2/c1-3-14-11(16)7-15-12(17)9-5-4-8(2)10(13)6-9/h4-6H,3,7H2,1-2H3,(H,14,16)(H,15,17). The Morgan fingerprint density at radius 3 is 2.59 bits per heavy atom. The Kier molecular flexibility index (Phi) is 5.15. The Morgan fingerprint density at radius 1 is 1.29 bits per heavy atom. The Bertz CT molecular complexity index is 433. The molecule has 17 heavy (non-hydrogen) atoms. The van der Waals surface area contributed by atoms with E-state index < -0.39 is 0 Å². The van der Waals surface area contributed by atoms with Gasteiger partial charge in [0.2, 0.25) is 5.91 Å².